The summed E-state index contributed by atoms with van der Waals surface area (Å²) >= 11 is 0. The highest BCUT2D eigenvalue weighted by Crippen LogP contribution is 2.30. The summed E-state index contributed by atoms with van der Waals surface area (Å²) in [5.41, 5.74) is 0. The molecule has 1 aromatic carbocycles. The van der Waals surface area contributed by atoms with E-state index in [9.17, 15) is 9.59 Å². The van der Waals surface area contributed by atoms with Crippen LogP contribution >= 0.6 is 0 Å². The molecular weight excluding hydrogens is 360 g/mol. The van der Waals surface area contributed by atoms with Gasteiger partial charge in [-0.15, -0.1) is 0 Å². The molecule has 1 heterocycles. The molecule has 28 heavy (non-hydrogen) atoms. The lowest BCUT2D eigenvalue weighted by molar-refractivity contribution is -0.142. The van der Waals surface area contributed by atoms with Crippen LogP contribution in [-0.4, -0.2) is 63.3 Å². The number of morpholine rings is 1. The number of amides is 2. The quantitative estimate of drug-likeness (QED) is 0.719. The number of ether oxygens (including phenoxy) is 3. The van der Waals surface area contributed by atoms with E-state index in [1.165, 1.54) is 0 Å². The number of hydrogen-bond donors (Lipinski definition) is 1. The average molecular weight is 390 g/mol. The van der Waals surface area contributed by atoms with Gasteiger partial charge in [-0.05, 0) is 49.9 Å². The largest absolute Gasteiger partial charge is 0.497 e. The summed E-state index contributed by atoms with van der Waals surface area (Å²) in [4.78, 5) is 26.8. The molecule has 1 aliphatic carbocycles. The number of carbonyl (C=O) groups excluding carboxylic acids is 2. The van der Waals surface area contributed by atoms with Crippen LogP contribution in [-0.2, 0) is 14.3 Å². The topological polar surface area (TPSA) is 77.1 Å². The molecule has 7 heteroatoms. The van der Waals surface area contributed by atoms with Crippen molar-refractivity contribution in [3.05, 3.63) is 24.3 Å². The SMILES string of the molecule is COc1ccc(OCCNC(=O)C2CCC(C(=O)N3CCOCC3)CC2)cc1. The maximum atomic E-state index is 12.6. The Kier molecular flexibility index (Phi) is 7.54. The van der Waals surface area contributed by atoms with Crippen molar-refractivity contribution in [1.29, 1.82) is 0 Å². The third-order valence-corrected chi connectivity index (χ3v) is 5.50. The van der Waals surface area contributed by atoms with Gasteiger partial charge in [-0.3, -0.25) is 9.59 Å². The number of nitrogens with one attached hydrogen (secondary N) is 1. The first-order valence-corrected chi connectivity index (χ1v) is 10.1. The molecule has 154 valence electrons. The molecule has 1 aliphatic heterocycles. The van der Waals surface area contributed by atoms with Gasteiger partial charge in [-0.2, -0.15) is 0 Å². The second-order valence-electron chi connectivity index (χ2n) is 7.30. The van der Waals surface area contributed by atoms with Crippen LogP contribution in [0.2, 0.25) is 0 Å². The van der Waals surface area contributed by atoms with Gasteiger partial charge in [0.05, 0.1) is 26.9 Å². The summed E-state index contributed by atoms with van der Waals surface area (Å²) in [7, 11) is 1.62. The van der Waals surface area contributed by atoms with Gasteiger partial charge in [0.25, 0.3) is 0 Å². The third-order valence-electron chi connectivity index (χ3n) is 5.50. The number of nitrogens with zero attached hydrogens (tertiary/aromatic N) is 1. The molecule has 7 nitrogen and oxygen atoms in total. The zero-order chi connectivity index (χ0) is 19.8. The van der Waals surface area contributed by atoms with Crippen molar-refractivity contribution in [2.45, 2.75) is 25.7 Å². The molecule has 0 bridgehead atoms. The van der Waals surface area contributed by atoms with E-state index in [0.29, 0.717) is 39.5 Å². The Morgan fingerprint density at radius 3 is 2.29 bits per heavy atom. The second-order valence-corrected chi connectivity index (χ2v) is 7.30. The van der Waals surface area contributed by atoms with Crippen LogP contribution in [0.3, 0.4) is 0 Å². The Balaban J connectivity index is 1.32. The first-order valence-electron chi connectivity index (χ1n) is 10.1. The zero-order valence-electron chi connectivity index (χ0n) is 16.5. The Labute approximate surface area is 166 Å². The number of methoxy groups -OCH3 is 1. The van der Waals surface area contributed by atoms with Crippen LogP contribution in [0.25, 0.3) is 0 Å². The van der Waals surface area contributed by atoms with Crippen molar-refractivity contribution in [3.63, 3.8) is 0 Å². The molecule has 0 atom stereocenters. The first kappa shape index (κ1) is 20.5. The predicted octanol–water partition coefficient (Wildman–Crippen LogP) is 1.86. The molecule has 2 fully saturated rings. The standard InChI is InChI=1S/C21H30N2O5/c1-26-18-6-8-19(9-7-18)28-13-10-22-20(24)16-2-4-17(5-3-16)21(25)23-11-14-27-15-12-23/h6-9,16-17H,2-5,10-15H2,1H3,(H,22,24). The van der Waals surface area contributed by atoms with Gasteiger partial charge in [0.2, 0.25) is 11.8 Å². The van der Waals surface area contributed by atoms with Crippen LogP contribution in [0, 0.1) is 11.8 Å². The maximum Gasteiger partial charge on any atom is 0.225 e. The van der Waals surface area contributed by atoms with Gasteiger partial charge < -0.3 is 24.4 Å². The molecule has 0 aromatic heterocycles. The van der Waals surface area contributed by atoms with E-state index in [0.717, 1.165) is 37.2 Å². The molecule has 1 saturated carbocycles. The summed E-state index contributed by atoms with van der Waals surface area (Å²) in [6.45, 7) is 3.52. The average Bonchev–Trinajstić information content (AvgIpc) is 2.77. The van der Waals surface area contributed by atoms with Crippen molar-refractivity contribution in [2.24, 2.45) is 11.8 Å². The van der Waals surface area contributed by atoms with Gasteiger partial charge in [0, 0.05) is 24.9 Å². The van der Waals surface area contributed by atoms with Crippen molar-refractivity contribution in [1.82, 2.24) is 10.2 Å². The molecule has 2 amide bonds. The first-order chi connectivity index (χ1) is 13.7. The van der Waals surface area contributed by atoms with E-state index in [1.54, 1.807) is 7.11 Å². The summed E-state index contributed by atoms with van der Waals surface area (Å²) in [6.07, 6.45) is 3.12. The van der Waals surface area contributed by atoms with E-state index in [4.69, 9.17) is 14.2 Å². The summed E-state index contributed by atoms with van der Waals surface area (Å²) in [5, 5.41) is 2.95. The lowest BCUT2D eigenvalue weighted by atomic mass is 9.81. The highest BCUT2D eigenvalue weighted by Gasteiger charge is 2.32. The highest BCUT2D eigenvalue weighted by atomic mass is 16.5. The minimum Gasteiger partial charge on any atom is -0.497 e. The fourth-order valence-electron chi connectivity index (χ4n) is 3.80. The van der Waals surface area contributed by atoms with Gasteiger partial charge in [0.1, 0.15) is 18.1 Å². The number of carbonyl (C=O) groups is 2. The van der Waals surface area contributed by atoms with E-state index in [-0.39, 0.29) is 23.7 Å². The van der Waals surface area contributed by atoms with Gasteiger partial charge in [0.15, 0.2) is 0 Å². The Hall–Kier alpha value is -2.28. The lowest BCUT2D eigenvalue weighted by Crippen LogP contribution is -2.45. The lowest BCUT2D eigenvalue weighted by Gasteiger charge is -2.33. The van der Waals surface area contributed by atoms with Crippen molar-refractivity contribution < 1.29 is 23.8 Å². The minimum absolute atomic E-state index is 0.00488. The van der Waals surface area contributed by atoms with Crippen LogP contribution in [0.4, 0.5) is 0 Å². The highest BCUT2D eigenvalue weighted by molar-refractivity contribution is 5.81. The normalized spacial score (nSPS) is 22.4. The molecule has 1 saturated heterocycles. The summed E-state index contributed by atoms with van der Waals surface area (Å²) in [6, 6.07) is 7.36. The van der Waals surface area contributed by atoms with Crippen molar-refractivity contribution in [3.8, 4) is 11.5 Å². The second kappa shape index (κ2) is 10.3. The molecule has 1 aromatic rings. The fourth-order valence-corrected chi connectivity index (χ4v) is 3.80. The number of benzene rings is 1. The Morgan fingerprint density at radius 1 is 1.04 bits per heavy atom. The number of hydrogen-bond acceptors (Lipinski definition) is 5. The molecule has 2 aliphatic rings. The summed E-state index contributed by atoms with van der Waals surface area (Å²) < 4.78 is 16.0. The van der Waals surface area contributed by atoms with E-state index in [1.807, 2.05) is 29.2 Å². The van der Waals surface area contributed by atoms with E-state index >= 15 is 0 Å². The van der Waals surface area contributed by atoms with Crippen LogP contribution in [0.1, 0.15) is 25.7 Å². The molecule has 3 rings (SSSR count). The van der Waals surface area contributed by atoms with Crippen molar-refractivity contribution in [2.75, 3.05) is 46.6 Å². The molecule has 0 unspecified atom stereocenters. The summed E-state index contributed by atoms with van der Waals surface area (Å²) in [5.74, 6) is 1.88. The van der Waals surface area contributed by atoms with E-state index < -0.39 is 0 Å². The molecule has 0 radical (unpaired) electrons. The van der Waals surface area contributed by atoms with Gasteiger partial charge in [-0.1, -0.05) is 0 Å². The van der Waals surface area contributed by atoms with Crippen LogP contribution < -0.4 is 14.8 Å². The molecular formula is C21H30N2O5. The maximum absolute atomic E-state index is 12.6. The van der Waals surface area contributed by atoms with E-state index in [2.05, 4.69) is 5.32 Å². The molecule has 0 spiro atoms. The minimum atomic E-state index is -0.00488. The number of rotatable bonds is 7. The predicted molar refractivity (Wildman–Crippen MR) is 104 cm³/mol. The van der Waals surface area contributed by atoms with Crippen LogP contribution in [0.5, 0.6) is 11.5 Å². The van der Waals surface area contributed by atoms with Crippen LogP contribution in [0.15, 0.2) is 24.3 Å². The fraction of sp³-hybridized carbons (Fsp3) is 0.619. The molecule has 1 N–H and O–H groups in total. The Morgan fingerprint density at radius 2 is 1.64 bits per heavy atom. The smallest absolute Gasteiger partial charge is 0.225 e. The third kappa shape index (κ3) is 5.61. The Bertz CT molecular complexity index is 635. The van der Waals surface area contributed by atoms with Gasteiger partial charge >= 0.3 is 0 Å². The van der Waals surface area contributed by atoms with Crippen molar-refractivity contribution >= 4 is 11.8 Å². The monoisotopic (exact) mass is 390 g/mol. The van der Waals surface area contributed by atoms with Gasteiger partial charge in [-0.25, -0.2) is 0 Å². The zero-order valence-corrected chi connectivity index (χ0v) is 16.5.